The third-order valence-electron chi connectivity index (χ3n) is 3.04. The topological polar surface area (TPSA) is 12.0 Å². The van der Waals surface area contributed by atoms with Crippen molar-refractivity contribution >= 4 is 5.69 Å². The summed E-state index contributed by atoms with van der Waals surface area (Å²) >= 11 is 0. The minimum absolute atomic E-state index is 0.191. The molecule has 2 rings (SSSR count). The average molecular weight is 243 g/mol. The molecule has 2 aromatic rings. The van der Waals surface area contributed by atoms with Gasteiger partial charge in [-0.1, -0.05) is 31.2 Å². The van der Waals surface area contributed by atoms with E-state index < -0.39 is 0 Å². The lowest BCUT2D eigenvalue weighted by molar-refractivity contribution is 0.625. The van der Waals surface area contributed by atoms with Gasteiger partial charge in [0, 0.05) is 5.69 Å². The third-order valence-corrected chi connectivity index (χ3v) is 3.04. The quantitative estimate of drug-likeness (QED) is 0.821. The van der Waals surface area contributed by atoms with Crippen LogP contribution in [0.1, 0.15) is 30.5 Å². The lowest BCUT2D eigenvalue weighted by Gasteiger charge is -2.19. The maximum atomic E-state index is 12.9. The van der Waals surface area contributed by atoms with E-state index in [1.54, 1.807) is 0 Å². The van der Waals surface area contributed by atoms with E-state index in [0.717, 1.165) is 17.7 Å². The molecule has 0 bridgehead atoms. The highest BCUT2D eigenvalue weighted by atomic mass is 19.1. The van der Waals surface area contributed by atoms with Crippen LogP contribution in [0.4, 0.5) is 10.1 Å². The summed E-state index contributed by atoms with van der Waals surface area (Å²) in [5, 5.41) is 3.48. The summed E-state index contributed by atoms with van der Waals surface area (Å²) in [5.41, 5.74) is 3.44. The summed E-state index contributed by atoms with van der Waals surface area (Å²) in [6.07, 6.45) is 0.958. The van der Waals surface area contributed by atoms with Gasteiger partial charge in [-0.2, -0.15) is 0 Å². The Bertz CT molecular complexity index is 505. The molecule has 1 unspecified atom stereocenters. The van der Waals surface area contributed by atoms with Crippen LogP contribution in [0.15, 0.2) is 48.5 Å². The van der Waals surface area contributed by atoms with Crippen LogP contribution in [-0.4, -0.2) is 0 Å². The fraction of sp³-hybridized carbons (Fsp3) is 0.250. The number of aryl methyl sites for hydroxylation is 1. The van der Waals surface area contributed by atoms with Gasteiger partial charge in [0.25, 0.3) is 0 Å². The van der Waals surface area contributed by atoms with E-state index in [0.29, 0.717) is 0 Å². The van der Waals surface area contributed by atoms with Crippen molar-refractivity contribution in [1.29, 1.82) is 0 Å². The van der Waals surface area contributed by atoms with Gasteiger partial charge in [0.05, 0.1) is 6.04 Å². The molecule has 94 valence electrons. The van der Waals surface area contributed by atoms with Crippen molar-refractivity contribution in [3.05, 3.63) is 65.5 Å². The van der Waals surface area contributed by atoms with Gasteiger partial charge in [0.2, 0.25) is 0 Å². The van der Waals surface area contributed by atoms with Crippen molar-refractivity contribution in [2.24, 2.45) is 0 Å². The SMILES string of the molecule is CCC(Nc1cccc(C)c1)c1ccc(F)cc1. The number of hydrogen-bond acceptors (Lipinski definition) is 1. The monoisotopic (exact) mass is 243 g/mol. The zero-order valence-corrected chi connectivity index (χ0v) is 10.8. The van der Waals surface area contributed by atoms with Crippen LogP contribution >= 0.6 is 0 Å². The van der Waals surface area contributed by atoms with Crippen LogP contribution in [0.3, 0.4) is 0 Å². The van der Waals surface area contributed by atoms with Crippen LogP contribution in [-0.2, 0) is 0 Å². The summed E-state index contributed by atoms with van der Waals surface area (Å²) in [4.78, 5) is 0. The van der Waals surface area contributed by atoms with Crippen LogP contribution in [0, 0.1) is 12.7 Å². The van der Waals surface area contributed by atoms with Gasteiger partial charge in [0.1, 0.15) is 5.82 Å². The minimum atomic E-state index is -0.191. The Labute approximate surface area is 108 Å². The maximum Gasteiger partial charge on any atom is 0.123 e. The minimum Gasteiger partial charge on any atom is -0.378 e. The zero-order valence-electron chi connectivity index (χ0n) is 10.8. The maximum absolute atomic E-state index is 12.9. The van der Waals surface area contributed by atoms with Crippen molar-refractivity contribution in [3.63, 3.8) is 0 Å². The fourth-order valence-corrected chi connectivity index (χ4v) is 2.05. The van der Waals surface area contributed by atoms with Gasteiger partial charge < -0.3 is 5.32 Å². The second-order valence-corrected chi connectivity index (χ2v) is 4.53. The first-order valence-corrected chi connectivity index (χ1v) is 6.27. The van der Waals surface area contributed by atoms with Crippen LogP contribution in [0.2, 0.25) is 0 Å². The van der Waals surface area contributed by atoms with Crippen LogP contribution < -0.4 is 5.32 Å². The molecule has 0 heterocycles. The molecular weight excluding hydrogens is 225 g/mol. The lowest BCUT2D eigenvalue weighted by Crippen LogP contribution is -2.09. The van der Waals surface area contributed by atoms with E-state index in [1.165, 1.54) is 17.7 Å². The Balaban J connectivity index is 2.17. The predicted octanol–water partition coefficient (Wildman–Crippen LogP) is 4.70. The highest BCUT2D eigenvalue weighted by molar-refractivity contribution is 5.47. The molecule has 18 heavy (non-hydrogen) atoms. The summed E-state index contributed by atoms with van der Waals surface area (Å²) in [6.45, 7) is 4.20. The van der Waals surface area contributed by atoms with E-state index in [2.05, 4.69) is 37.4 Å². The van der Waals surface area contributed by atoms with E-state index in [-0.39, 0.29) is 11.9 Å². The van der Waals surface area contributed by atoms with E-state index in [1.807, 2.05) is 18.2 Å². The lowest BCUT2D eigenvalue weighted by atomic mass is 10.0. The van der Waals surface area contributed by atoms with Gasteiger partial charge in [-0.15, -0.1) is 0 Å². The van der Waals surface area contributed by atoms with Crippen LogP contribution in [0.5, 0.6) is 0 Å². The fourth-order valence-electron chi connectivity index (χ4n) is 2.05. The molecule has 1 nitrogen and oxygen atoms in total. The summed E-state index contributed by atoms with van der Waals surface area (Å²) in [6, 6.07) is 15.2. The predicted molar refractivity (Wildman–Crippen MR) is 74.2 cm³/mol. The summed E-state index contributed by atoms with van der Waals surface area (Å²) in [5.74, 6) is -0.191. The van der Waals surface area contributed by atoms with Gasteiger partial charge >= 0.3 is 0 Å². The average Bonchev–Trinajstić information content (AvgIpc) is 2.37. The molecule has 0 aromatic heterocycles. The Morgan fingerprint density at radius 3 is 2.44 bits per heavy atom. The third kappa shape index (κ3) is 3.10. The molecule has 0 aliphatic carbocycles. The summed E-state index contributed by atoms with van der Waals surface area (Å²) in [7, 11) is 0. The Morgan fingerprint density at radius 2 is 1.83 bits per heavy atom. The molecule has 2 aromatic carbocycles. The molecule has 0 aliphatic heterocycles. The number of rotatable bonds is 4. The number of halogens is 1. The molecule has 1 N–H and O–H groups in total. The normalized spacial score (nSPS) is 12.2. The van der Waals surface area contributed by atoms with Crippen molar-refractivity contribution < 1.29 is 4.39 Å². The molecule has 1 atom stereocenters. The molecular formula is C16H18FN. The van der Waals surface area contributed by atoms with Gasteiger partial charge in [-0.25, -0.2) is 4.39 Å². The molecule has 0 saturated carbocycles. The Morgan fingerprint density at radius 1 is 1.11 bits per heavy atom. The van der Waals surface area contributed by atoms with Gasteiger partial charge in [0.15, 0.2) is 0 Å². The van der Waals surface area contributed by atoms with Gasteiger partial charge in [-0.3, -0.25) is 0 Å². The van der Waals surface area contributed by atoms with Crippen molar-refractivity contribution in [1.82, 2.24) is 0 Å². The molecule has 2 heteroatoms. The number of benzene rings is 2. The smallest absolute Gasteiger partial charge is 0.123 e. The molecule has 0 radical (unpaired) electrons. The first kappa shape index (κ1) is 12.6. The molecule has 0 fully saturated rings. The standard InChI is InChI=1S/C16H18FN/c1-3-16(13-7-9-14(17)10-8-13)18-15-6-4-5-12(2)11-15/h4-11,16,18H,3H2,1-2H3. The molecule has 0 spiro atoms. The zero-order chi connectivity index (χ0) is 13.0. The van der Waals surface area contributed by atoms with Crippen molar-refractivity contribution in [3.8, 4) is 0 Å². The molecule has 0 amide bonds. The van der Waals surface area contributed by atoms with Crippen molar-refractivity contribution in [2.75, 3.05) is 5.32 Å². The van der Waals surface area contributed by atoms with Crippen LogP contribution in [0.25, 0.3) is 0 Å². The highest BCUT2D eigenvalue weighted by Crippen LogP contribution is 2.23. The molecule has 0 aliphatic rings. The number of nitrogens with one attached hydrogen (secondary N) is 1. The first-order chi connectivity index (χ1) is 8.69. The molecule has 0 saturated heterocycles. The number of hydrogen-bond donors (Lipinski definition) is 1. The van der Waals surface area contributed by atoms with E-state index in [4.69, 9.17) is 0 Å². The highest BCUT2D eigenvalue weighted by Gasteiger charge is 2.08. The van der Waals surface area contributed by atoms with Gasteiger partial charge in [-0.05, 0) is 48.7 Å². The first-order valence-electron chi connectivity index (χ1n) is 6.27. The number of anilines is 1. The van der Waals surface area contributed by atoms with E-state index >= 15 is 0 Å². The summed E-state index contributed by atoms with van der Waals surface area (Å²) < 4.78 is 12.9. The second-order valence-electron chi connectivity index (χ2n) is 4.53. The Hall–Kier alpha value is -1.83. The van der Waals surface area contributed by atoms with Crippen molar-refractivity contribution in [2.45, 2.75) is 26.3 Å². The largest absolute Gasteiger partial charge is 0.378 e. The Kier molecular flexibility index (Phi) is 3.98. The second kappa shape index (κ2) is 5.67. The van der Waals surface area contributed by atoms with E-state index in [9.17, 15) is 4.39 Å².